The lowest BCUT2D eigenvalue weighted by Crippen LogP contribution is -2.08. The fourth-order valence-electron chi connectivity index (χ4n) is 1.94. The molecular formula is C14H14Cl2N2O. The molecule has 1 unspecified atom stereocenters. The largest absolute Gasteiger partial charge is 0.384 e. The lowest BCUT2D eigenvalue weighted by Gasteiger charge is -2.16. The molecule has 0 aliphatic rings. The molecule has 0 amide bonds. The van der Waals surface area contributed by atoms with Gasteiger partial charge >= 0.3 is 0 Å². The molecule has 0 aliphatic heterocycles. The van der Waals surface area contributed by atoms with E-state index in [1.807, 2.05) is 19.9 Å². The summed E-state index contributed by atoms with van der Waals surface area (Å²) in [7, 11) is 0. The molecule has 0 radical (unpaired) electrons. The SMILES string of the molecule is CCc1nnc(C)cc1C(O)c1cccc(Cl)c1Cl. The van der Waals surface area contributed by atoms with Crippen LogP contribution in [0.25, 0.3) is 0 Å². The molecule has 5 heteroatoms. The molecule has 19 heavy (non-hydrogen) atoms. The number of aliphatic hydroxyl groups excluding tert-OH is 1. The Hall–Kier alpha value is -1.16. The average Bonchev–Trinajstić information content (AvgIpc) is 2.41. The van der Waals surface area contributed by atoms with Crippen molar-refractivity contribution in [3.05, 3.63) is 56.8 Å². The quantitative estimate of drug-likeness (QED) is 0.938. The number of rotatable bonds is 3. The Morgan fingerprint density at radius 1 is 1.21 bits per heavy atom. The predicted molar refractivity (Wildman–Crippen MR) is 76.7 cm³/mol. The molecule has 2 rings (SSSR count). The van der Waals surface area contributed by atoms with Crippen LogP contribution in [0.15, 0.2) is 24.3 Å². The Balaban J connectivity index is 2.52. The first-order chi connectivity index (χ1) is 9.04. The molecule has 0 aliphatic carbocycles. The second kappa shape index (κ2) is 5.87. The summed E-state index contributed by atoms with van der Waals surface area (Å²) >= 11 is 12.1. The number of aryl methyl sites for hydroxylation is 2. The number of halogens is 2. The molecule has 1 aromatic heterocycles. The fraction of sp³-hybridized carbons (Fsp3) is 0.286. The fourth-order valence-corrected chi connectivity index (χ4v) is 2.36. The van der Waals surface area contributed by atoms with E-state index in [0.29, 0.717) is 22.0 Å². The van der Waals surface area contributed by atoms with Crippen LogP contribution in [0.1, 0.15) is 35.5 Å². The van der Waals surface area contributed by atoms with Crippen molar-refractivity contribution in [3.8, 4) is 0 Å². The first kappa shape index (κ1) is 14.3. The van der Waals surface area contributed by atoms with E-state index < -0.39 is 6.10 Å². The summed E-state index contributed by atoms with van der Waals surface area (Å²) in [6, 6.07) is 7.04. The molecule has 2 aromatic rings. The van der Waals surface area contributed by atoms with Crippen LogP contribution in [-0.4, -0.2) is 15.3 Å². The van der Waals surface area contributed by atoms with Gasteiger partial charge in [-0.3, -0.25) is 0 Å². The second-order valence-corrected chi connectivity index (χ2v) is 5.07. The lowest BCUT2D eigenvalue weighted by molar-refractivity contribution is 0.218. The van der Waals surface area contributed by atoms with Gasteiger partial charge in [-0.15, -0.1) is 0 Å². The lowest BCUT2D eigenvalue weighted by atomic mass is 9.99. The van der Waals surface area contributed by atoms with Crippen molar-refractivity contribution in [2.75, 3.05) is 0 Å². The number of benzene rings is 1. The van der Waals surface area contributed by atoms with Crippen LogP contribution in [0.4, 0.5) is 0 Å². The van der Waals surface area contributed by atoms with E-state index >= 15 is 0 Å². The Morgan fingerprint density at radius 2 is 1.95 bits per heavy atom. The van der Waals surface area contributed by atoms with Gasteiger partial charge in [-0.2, -0.15) is 10.2 Å². The van der Waals surface area contributed by atoms with Crippen molar-refractivity contribution in [2.45, 2.75) is 26.4 Å². The van der Waals surface area contributed by atoms with Crippen molar-refractivity contribution < 1.29 is 5.11 Å². The molecule has 1 N–H and O–H groups in total. The van der Waals surface area contributed by atoms with E-state index in [0.717, 1.165) is 17.0 Å². The van der Waals surface area contributed by atoms with Crippen molar-refractivity contribution >= 4 is 23.2 Å². The molecular weight excluding hydrogens is 283 g/mol. The highest BCUT2D eigenvalue weighted by atomic mass is 35.5. The highest BCUT2D eigenvalue weighted by Gasteiger charge is 2.19. The minimum atomic E-state index is -0.852. The van der Waals surface area contributed by atoms with Gasteiger partial charge in [0.05, 0.1) is 21.4 Å². The molecule has 3 nitrogen and oxygen atoms in total. The van der Waals surface area contributed by atoms with E-state index in [9.17, 15) is 5.11 Å². The highest BCUT2D eigenvalue weighted by molar-refractivity contribution is 6.42. The van der Waals surface area contributed by atoms with Gasteiger partial charge in [0.2, 0.25) is 0 Å². The standard InChI is InChI=1S/C14H14Cl2N2O/c1-3-12-10(7-8(2)17-18-12)14(19)9-5-4-6-11(15)13(9)16/h4-7,14,19H,3H2,1-2H3. The van der Waals surface area contributed by atoms with Gasteiger partial charge < -0.3 is 5.11 Å². The molecule has 1 aromatic carbocycles. The van der Waals surface area contributed by atoms with E-state index in [-0.39, 0.29) is 0 Å². The van der Waals surface area contributed by atoms with Crippen molar-refractivity contribution in [3.63, 3.8) is 0 Å². The number of nitrogens with zero attached hydrogens (tertiary/aromatic N) is 2. The molecule has 0 bridgehead atoms. The third-order valence-corrected chi connectivity index (χ3v) is 3.77. The average molecular weight is 297 g/mol. The van der Waals surface area contributed by atoms with Gasteiger partial charge in [0.25, 0.3) is 0 Å². The van der Waals surface area contributed by atoms with Crippen LogP contribution in [-0.2, 0) is 6.42 Å². The Morgan fingerprint density at radius 3 is 2.63 bits per heavy atom. The topological polar surface area (TPSA) is 46.0 Å². The molecule has 1 atom stereocenters. The summed E-state index contributed by atoms with van der Waals surface area (Å²) in [5.41, 5.74) is 2.81. The zero-order chi connectivity index (χ0) is 14.0. The highest BCUT2D eigenvalue weighted by Crippen LogP contribution is 2.34. The third kappa shape index (κ3) is 2.89. The van der Waals surface area contributed by atoms with Crippen molar-refractivity contribution in [1.82, 2.24) is 10.2 Å². The minimum Gasteiger partial charge on any atom is -0.384 e. The number of hydrogen-bond acceptors (Lipinski definition) is 3. The molecule has 0 spiro atoms. The summed E-state index contributed by atoms with van der Waals surface area (Å²) in [5.74, 6) is 0. The van der Waals surface area contributed by atoms with Crippen molar-refractivity contribution in [1.29, 1.82) is 0 Å². The van der Waals surface area contributed by atoms with E-state index in [2.05, 4.69) is 10.2 Å². The number of aliphatic hydroxyl groups is 1. The first-order valence-electron chi connectivity index (χ1n) is 5.99. The Bertz CT molecular complexity index is 602. The molecule has 100 valence electrons. The van der Waals surface area contributed by atoms with E-state index in [4.69, 9.17) is 23.2 Å². The molecule has 0 saturated heterocycles. The van der Waals surface area contributed by atoms with Crippen LogP contribution >= 0.6 is 23.2 Å². The van der Waals surface area contributed by atoms with E-state index in [1.165, 1.54) is 0 Å². The monoisotopic (exact) mass is 296 g/mol. The Kier molecular flexibility index (Phi) is 4.40. The maximum atomic E-state index is 10.5. The molecule has 1 heterocycles. The number of hydrogen-bond donors (Lipinski definition) is 1. The summed E-state index contributed by atoms with van der Waals surface area (Å²) < 4.78 is 0. The van der Waals surface area contributed by atoms with Crippen LogP contribution in [0.2, 0.25) is 10.0 Å². The van der Waals surface area contributed by atoms with Crippen LogP contribution < -0.4 is 0 Å². The van der Waals surface area contributed by atoms with Crippen LogP contribution in [0, 0.1) is 6.92 Å². The molecule has 0 fully saturated rings. The zero-order valence-electron chi connectivity index (χ0n) is 10.7. The number of aromatic nitrogens is 2. The summed E-state index contributed by atoms with van der Waals surface area (Å²) in [4.78, 5) is 0. The van der Waals surface area contributed by atoms with Gasteiger partial charge in [0, 0.05) is 11.1 Å². The summed E-state index contributed by atoms with van der Waals surface area (Å²) in [6.45, 7) is 3.80. The maximum absolute atomic E-state index is 10.5. The predicted octanol–water partition coefficient (Wildman–Crippen LogP) is 3.74. The van der Waals surface area contributed by atoms with Gasteiger partial charge in [0.1, 0.15) is 6.10 Å². The molecule has 0 saturated carbocycles. The van der Waals surface area contributed by atoms with Gasteiger partial charge in [-0.25, -0.2) is 0 Å². The van der Waals surface area contributed by atoms with Crippen molar-refractivity contribution in [2.24, 2.45) is 0 Å². The zero-order valence-corrected chi connectivity index (χ0v) is 12.2. The second-order valence-electron chi connectivity index (χ2n) is 4.29. The smallest absolute Gasteiger partial charge is 0.107 e. The van der Waals surface area contributed by atoms with Crippen LogP contribution in [0.3, 0.4) is 0 Å². The van der Waals surface area contributed by atoms with E-state index in [1.54, 1.807) is 18.2 Å². The summed E-state index contributed by atoms with van der Waals surface area (Å²) in [6.07, 6.45) is -0.159. The van der Waals surface area contributed by atoms with Gasteiger partial charge in [-0.05, 0) is 25.5 Å². The Labute approximate surface area is 122 Å². The normalized spacial score (nSPS) is 12.5. The van der Waals surface area contributed by atoms with Crippen LogP contribution in [0.5, 0.6) is 0 Å². The third-order valence-electron chi connectivity index (χ3n) is 2.93. The summed E-state index contributed by atoms with van der Waals surface area (Å²) in [5, 5.41) is 19.4. The van der Waals surface area contributed by atoms with Gasteiger partial charge in [-0.1, -0.05) is 42.3 Å². The minimum absolute atomic E-state index is 0.369. The maximum Gasteiger partial charge on any atom is 0.107 e. The van der Waals surface area contributed by atoms with Gasteiger partial charge in [0.15, 0.2) is 0 Å². The first-order valence-corrected chi connectivity index (χ1v) is 6.75.